The zero-order chi connectivity index (χ0) is 18.0. The molecule has 1 amide bonds. The van der Waals surface area contributed by atoms with Gasteiger partial charge < -0.3 is 19.3 Å². The monoisotopic (exact) mass is 357 g/mol. The van der Waals surface area contributed by atoms with Gasteiger partial charge in [0.05, 0.1) is 6.42 Å². The Morgan fingerprint density at radius 2 is 1.92 bits per heavy atom. The fourth-order valence-corrected chi connectivity index (χ4v) is 3.75. The van der Waals surface area contributed by atoms with Crippen molar-refractivity contribution >= 4 is 5.91 Å². The standard InChI is InChI=1S/C19H23N3O4/c1-13-20-18(22-26-13)19(7-3-2-4-8-19)21-17(23)12-14-5-6-15-16(11-14)25-10-9-24-15/h5-6,11H,2-4,7-10,12H2,1H3,(H,21,23). The normalized spacial score (nSPS) is 18.3. The van der Waals surface area contributed by atoms with E-state index in [0.29, 0.717) is 30.7 Å². The second kappa shape index (κ2) is 6.97. The maximum atomic E-state index is 12.8. The van der Waals surface area contributed by atoms with E-state index in [1.54, 1.807) is 6.92 Å². The van der Waals surface area contributed by atoms with E-state index in [1.807, 2.05) is 18.2 Å². The molecular weight excluding hydrogens is 334 g/mol. The lowest BCUT2D eigenvalue weighted by Crippen LogP contribution is -2.48. The lowest BCUT2D eigenvalue weighted by Gasteiger charge is -2.35. The Balaban J connectivity index is 1.50. The number of ether oxygens (including phenoxy) is 2. The van der Waals surface area contributed by atoms with Crippen molar-refractivity contribution in [2.45, 2.75) is 51.0 Å². The molecule has 1 N–H and O–H groups in total. The number of aryl methyl sites for hydroxylation is 1. The predicted molar refractivity (Wildman–Crippen MR) is 93.1 cm³/mol. The molecule has 0 bridgehead atoms. The van der Waals surface area contributed by atoms with E-state index in [9.17, 15) is 4.79 Å². The van der Waals surface area contributed by atoms with Gasteiger partial charge in [0.15, 0.2) is 17.3 Å². The molecule has 7 heteroatoms. The van der Waals surface area contributed by atoms with Crippen molar-refractivity contribution in [3.05, 3.63) is 35.5 Å². The number of nitrogens with one attached hydrogen (secondary N) is 1. The summed E-state index contributed by atoms with van der Waals surface area (Å²) < 4.78 is 16.3. The van der Waals surface area contributed by atoms with Crippen LogP contribution in [0.1, 0.15) is 49.4 Å². The van der Waals surface area contributed by atoms with Crippen LogP contribution in [-0.4, -0.2) is 29.3 Å². The number of nitrogens with zero attached hydrogens (tertiary/aromatic N) is 2. The number of fused-ring (bicyclic) bond motifs is 1. The van der Waals surface area contributed by atoms with Gasteiger partial charge in [-0.2, -0.15) is 4.98 Å². The molecule has 26 heavy (non-hydrogen) atoms. The fraction of sp³-hybridized carbons (Fsp3) is 0.526. The highest BCUT2D eigenvalue weighted by molar-refractivity contribution is 5.79. The average Bonchev–Trinajstić information content (AvgIpc) is 3.09. The topological polar surface area (TPSA) is 86.5 Å². The molecule has 0 atom stereocenters. The summed E-state index contributed by atoms with van der Waals surface area (Å²) >= 11 is 0. The van der Waals surface area contributed by atoms with E-state index in [1.165, 1.54) is 0 Å². The van der Waals surface area contributed by atoms with Gasteiger partial charge in [0.2, 0.25) is 11.8 Å². The lowest BCUT2D eigenvalue weighted by atomic mass is 9.80. The van der Waals surface area contributed by atoms with Gasteiger partial charge >= 0.3 is 0 Å². The van der Waals surface area contributed by atoms with Crippen molar-refractivity contribution in [1.82, 2.24) is 15.5 Å². The number of hydrogen-bond donors (Lipinski definition) is 1. The van der Waals surface area contributed by atoms with E-state index >= 15 is 0 Å². The van der Waals surface area contributed by atoms with Gasteiger partial charge in [0, 0.05) is 6.92 Å². The number of carbonyl (C=O) groups is 1. The van der Waals surface area contributed by atoms with Crippen LogP contribution in [0.5, 0.6) is 11.5 Å². The Morgan fingerprint density at radius 1 is 1.15 bits per heavy atom. The SMILES string of the molecule is Cc1nc(C2(NC(=O)Cc3ccc4c(c3)OCCO4)CCCCC2)no1. The smallest absolute Gasteiger partial charge is 0.225 e. The molecule has 2 aliphatic rings. The molecule has 0 unspecified atom stereocenters. The Labute approximate surface area is 152 Å². The predicted octanol–water partition coefficient (Wildman–Crippen LogP) is 2.67. The zero-order valence-corrected chi connectivity index (χ0v) is 14.9. The number of amides is 1. The number of carbonyl (C=O) groups excluding carboxylic acids is 1. The molecule has 1 aromatic carbocycles. The maximum absolute atomic E-state index is 12.8. The fourth-order valence-electron chi connectivity index (χ4n) is 3.75. The van der Waals surface area contributed by atoms with Crippen LogP contribution < -0.4 is 14.8 Å². The summed E-state index contributed by atoms with van der Waals surface area (Å²) in [6, 6.07) is 5.63. The minimum atomic E-state index is -0.527. The first-order valence-electron chi connectivity index (χ1n) is 9.15. The maximum Gasteiger partial charge on any atom is 0.225 e. The van der Waals surface area contributed by atoms with Crippen LogP contribution in [-0.2, 0) is 16.8 Å². The molecule has 0 saturated heterocycles. The summed E-state index contributed by atoms with van der Waals surface area (Å²) in [5.74, 6) is 2.48. The van der Waals surface area contributed by atoms with Gasteiger partial charge in [-0.1, -0.05) is 30.5 Å². The van der Waals surface area contributed by atoms with Crippen LogP contribution in [0, 0.1) is 6.92 Å². The van der Waals surface area contributed by atoms with Crippen LogP contribution in [0.25, 0.3) is 0 Å². The van der Waals surface area contributed by atoms with Crippen molar-refractivity contribution in [3.8, 4) is 11.5 Å². The number of benzene rings is 1. The average molecular weight is 357 g/mol. The summed E-state index contributed by atoms with van der Waals surface area (Å²) in [5.41, 5.74) is 0.364. The summed E-state index contributed by atoms with van der Waals surface area (Å²) in [4.78, 5) is 17.2. The quantitative estimate of drug-likeness (QED) is 0.905. The third kappa shape index (κ3) is 3.38. The van der Waals surface area contributed by atoms with E-state index in [4.69, 9.17) is 14.0 Å². The van der Waals surface area contributed by atoms with Crippen LogP contribution in [0.2, 0.25) is 0 Å². The largest absolute Gasteiger partial charge is 0.486 e. The van der Waals surface area contributed by atoms with Crippen molar-refractivity contribution in [2.75, 3.05) is 13.2 Å². The third-order valence-electron chi connectivity index (χ3n) is 5.01. The molecule has 2 aromatic rings. The number of rotatable bonds is 4. The molecule has 0 spiro atoms. The van der Waals surface area contributed by atoms with Crippen molar-refractivity contribution < 1.29 is 18.8 Å². The summed E-state index contributed by atoms with van der Waals surface area (Å²) in [6.07, 6.45) is 5.18. The molecule has 1 fully saturated rings. The number of hydrogen-bond acceptors (Lipinski definition) is 6. The molecule has 138 valence electrons. The molecule has 1 aliphatic heterocycles. The molecule has 1 aromatic heterocycles. The van der Waals surface area contributed by atoms with Crippen molar-refractivity contribution in [1.29, 1.82) is 0 Å². The van der Waals surface area contributed by atoms with Gasteiger partial charge in [-0.25, -0.2) is 0 Å². The highest BCUT2D eigenvalue weighted by Crippen LogP contribution is 2.36. The molecule has 1 saturated carbocycles. The Kier molecular flexibility index (Phi) is 4.53. The molecule has 1 aliphatic carbocycles. The third-order valence-corrected chi connectivity index (χ3v) is 5.01. The molecular formula is C19H23N3O4. The van der Waals surface area contributed by atoms with Gasteiger partial charge in [-0.05, 0) is 30.5 Å². The van der Waals surface area contributed by atoms with Crippen molar-refractivity contribution in [3.63, 3.8) is 0 Å². The Hall–Kier alpha value is -2.57. The summed E-state index contributed by atoms with van der Waals surface area (Å²) in [5, 5.41) is 7.29. The highest BCUT2D eigenvalue weighted by atomic mass is 16.6. The van der Waals surface area contributed by atoms with Gasteiger partial charge in [-0.3, -0.25) is 4.79 Å². The van der Waals surface area contributed by atoms with Crippen LogP contribution in [0.3, 0.4) is 0 Å². The van der Waals surface area contributed by atoms with Gasteiger partial charge in [-0.15, -0.1) is 0 Å². The Morgan fingerprint density at radius 3 is 2.65 bits per heavy atom. The van der Waals surface area contributed by atoms with Gasteiger partial charge in [0.25, 0.3) is 0 Å². The lowest BCUT2D eigenvalue weighted by molar-refractivity contribution is -0.123. The van der Waals surface area contributed by atoms with Crippen LogP contribution in [0.4, 0.5) is 0 Å². The number of aromatic nitrogens is 2. The minimum Gasteiger partial charge on any atom is -0.486 e. The first kappa shape index (κ1) is 16.9. The second-order valence-corrected chi connectivity index (χ2v) is 6.98. The minimum absolute atomic E-state index is 0.0500. The van der Waals surface area contributed by atoms with E-state index < -0.39 is 5.54 Å². The molecule has 4 rings (SSSR count). The molecule has 2 heterocycles. The second-order valence-electron chi connectivity index (χ2n) is 6.98. The summed E-state index contributed by atoms with van der Waals surface area (Å²) in [7, 11) is 0. The first-order chi connectivity index (χ1) is 12.6. The van der Waals surface area contributed by atoms with E-state index in [0.717, 1.165) is 43.4 Å². The van der Waals surface area contributed by atoms with E-state index in [-0.39, 0.29) is 12.3 Å². The van der Waals surface area contributed by atoms with Crippen LogP contribution in [0.15, 0.2) is 22.7 Å². The molecule has 0 radical (unpaired) electrons. The zero-order valence-electron chi connectivity index (χ0n) is 14.9. The van der Waals surface area contributed by atoms with Crippen molar-refractivity contribution in [2.24, 2.45) is 0 Å². The van der Waals surface area contributed by atoms with E-state index in [2.05, 4.69) is 15.5 Å². The summed E-state index contributed by atoms with van der Waals surface area (Å²) in [6.45, 7) is 2.85. The first-order valence-corrected chi connectivity index (χ1v) is 9.15. The highest BCUT2D eigenvalue weighted by Gasteiger charge is 2.39. The molecule has 7 nitrogen and oxygen atoms in total. The van der Waals surface area contributed by atoms with Crippen LogP contribution >= 0.6 is 0 Å². The van der Waals surface area contributed by atoms with Gasteiger partial charge in [0.1, 0.15) is 18.8 Å². The Bertz CT molecular complexity index is 796.